The van der Waals surface area contributed by atoms with Crippen LogP contribution in [0.3, 0.4) is 0 Å². The maximum Gasteiger partial charge on any atom is 0.339 e. The van der Waals surface area contributed by atoms with Crippen LogP contribution in [0.4, 0.5) is 0 Å². The number of pyridine rings is 1. The SMILES string of the molecule is COc1ccc(C(=O)OC2CC2)cn1. The molecule has 0 atom stereocenters. The van der Waals surface area contributed by atoms with Crippen LogP contribution in [-0.4, -0.2) is 24.2 Å². The Labute approximate surface area is 81.9 Å². The van der Waals surface area contributed by atoms with Crippen LogP contribution in [0.1, 0.15) is 23.2 Å². The number of methoxy groups -OCH3 is 1. The van der Waals surface area contributed by atoms with Crippen molar-refractivity contribution in [2.45, 2.75) is 18.9 Å². The summed E-state index contributed by atoms with van der Waals surface area (Å²) in [7, 11) is 1.53. The number of aromatic nitrogens is 1. The molecular formula is C10H11NO3. The van der Waals surface area contributed by atoms with Gasteiger partial charge in [0.05, 0.1) is 12.7 Å². The van der Waals surface area contributed by atoms with Gasteiger partial charge in [-0.15, -0.1) is 0 Å². The largest absolute Gasteiger partial charge is 0.481 e. The normalized spacial score (nSPS) is 14.9. The zero-order valence-electron chi connectivity index (χ0n) is 7.90. The second-order valence-corrected chi connectivity index (χ2v) is 3.19. The lowest BCUT2D eigenvalue weighted by molar-refractivity contribution is 0.0472. The molecule has 4 nitrogen and oxygen atoms in total. The first kappa shape index (κ1) is 8.99. The van der Waals surface area contributed by atoms with E-state index in [0.717, 1.165) is 12.8 Å². The lowest BCUT2D eigenvalue weighted by Gasteiger charge is -2.02. The maximum absolute atomic E-state index is 11.4. The third-order valence-corrected chi connectivity index (χ3v) is 1.98. The first-order valence-corrected chi connectivity index (χ1v) is 4.50. The van der Waals surface area contributed by atoms with E-state index in [0.29, 0.717) is 11.4 Å². The number of esters is 1. The summed E-state index contributed by atoms with van der Waals surface area (Å²) in [6, 6.07) is 3.29. The molecule has 1 aliphatic carbocycles. The highest BCUT2D eigenvalue weighted by Crippen LogP contribution is 2.24. The average Bonchev–Trinajstić information content (AvgIpc) is 3.02. The summed E-state index contributed by atoms with van der Waals surface area (Å²) in [5, 5.41) is 0. The fourth-order valence-electron chi connectivity index (χ4n) is 1.03. The van der Waals surface area contributed by atoms with E-state index in [-0.39, 0.29) is 12.1 Å². The molecule has 74 valence electrons. The van der Waals surface area contributed by atoms with Crippen molar-refractivity contribution in [3.63, 3.8) is 0 Å². The van der Waals surface area contributed by atoms with E-state index < -0.39 is 0 Å². The number of carbonyl (C=O) groups is 1. The summed E-state index contributed by atoms with van der Waals surface area (Å²) in [5.41, 5.74) is 0.470. The van der Waals surface area contributed by atoms with Gasteiger partial charge < -0.3 is 9.47 Å². The van der Waals surface area contributed by atoms with Gasteiger partial charge >= 0.3 is 5.97 Å². The first-order chi connectivity index (χ1) is 6.79. The Balaban J connectivity index is 2.03. The van der Waals surface area contributed by atoms with Gasteiger partial charge in [0.15, 0.2) is 0 Å². The number of rotatable bonds is 3. The average molecular weight is 193 g/mol. The van der Waals surface area contributed by atoms with E-state index in [1.807, 2.05) is 0 Å². The topological polar surface area (TPSA) is 48.4 Å². The van der Waals surface area contributed by atoms with Gasteiger partial charge in [0.25, 0.3) is 0 Å². The molecule has 1 aromatic heterocycles. The minimum Gasteiger partial charge on any atom is -0.481 e. The minimum atomic E-state index is -0.303. The molecule has 0 N–H and O–H groups in total. The predicted molar refractivity (Wildman–Crippen MR) is 49.2 cm³/mol. The van der Waals surface area contributed by atoms with Crippen LogP contribution in [0.5, 0.6) is 5.88 Å². The van der Waals surface area contributed by atoms with E-state index in [2.05, 4.69) is 4.98 Å². The summed E-state index contributed by atoms with van der Waals surface area (Å²) in [6.45, 7) is 0. The number of hydrogen-bond donors (Lipinski definition) is 0. The quantitative estimate of drug-likeness (QED) is 0.681. The summed E-state index contributed by atoms with van der Waals surface area (Å²) in [5.74, 6) is 0.190. The molecule has 4 heteroatoms. The number of carbonyl (C=O) groups excluding carboxylic acids is 1. The highest BCUT2D eigenvalue weighted by atomic mass is 16.5. The van der Waals surface area contributed by atoms with Gasteiger partial charge in [-0.05, 0) is 18.9 Å². The zero-order valence-corrected chi connectivity index (χ0v) is 7.90. The molecule has 0 saturated heterocycles. The Bertz CT molecular complexity index is 330. The van der Waals surface area contributed by atoms with Crippen molar-refractivity contribution in [2.75, 3.05) is 7.11 Å². The van der Waals surface area contributed by atoms with Crippen molar-refractivity contribution < 1.29 is 14.3 Å². The van der Waals surface area contributed by atoms with Gasteiger partial charge in [0, 0.05) is 12.3 Å². The highest BCUT2D eigenvalue weighted by Gasteiger charge is 2.26. The number of nitrogens with zero attached hydrogens (tertiary/aromatic N) is 1. The van der Waals surface area contributed by atoms with Crippen LogP contribution < -0.4 is 4.74 Å². The number of hydrogen-bond acceptors (Lipinski definition) is 4. The van der Waals surface area contributed by atoms with E-state index in [1.165, 1.54) is 13.3 Å². The molecular weight excluding hydrogens is 182 g/mol. The van der Waals surface area contributed by atoms with Gasteiger partial charge in [0.1, 0.15) is 6.10 Å². The summed E-state index contributed by atoms with van der Waals surface area (Å²) in [6.07, 6.45) is 3.55. The molecule has 1 saturated carbocycles. The van der Waals surface area contributed by atoms with Crippen LogP contribution in [0, 0.1) is 0 Å². The molecule has 0 unspecified atom stereocenters. The van der Waals surface area contributed by atoms with Gasteiger partial charge in [-0.2, -0.15) is 0 Å². The predicted octanol–water partition coefficient (Wildman–Crippen LogP) is 1.41. The molecule has 2 rings (SSSR count). The third kappa shape index (κ3) is 2.02. The van der Waals surface area contributed by atoms with Gasteiger partial charge in [-0.3, -0.25) is 0 Å². The Hall–Kier alpha value is -1.58. The van der Waals surface area contributed by atoms with Crippen LogP contribution >= 0.6 is 0 Å². The molecule has 14 heavy (non-hydrogen) atoms. The molecule has 1 fully saturated rings. The first-order valence-electron chi connectivity index (χ1n) is 4.50. The van der Waals surface area contributed by atoms with Crippen molar-refractivity contribution in [1.82, 2.24) is 4.98 Å². The molecule has 0 bridgehead atoms. The highest BCUT2D eigenvalue weighted by molar-refractivity contribution is 5.89. The fraction of sp³-hybridized carbons (Fsp3) is 0.400. The van der Waals surface area contributed by atoms with E-state index in [4.69, 9.17) is 9.47 Å². The molecule has 0 amide bonds. The standard InChI is InChI=1S/C10H11NO3/c1-13-9-5-2-7(6-11-9)10(12)14-8-3-4-8/h2,5-6,8H,3-4H2,1H3. The van der Waals surface area contributed by atoms with E-state index in [9.17, 15) is 4.79 Å². The second-order valence-electron chi connectivity index (χ2n) is 3.19. The van der Waals surface area contributed by atoms with Crippen LogP contribution in [0.2, 0.25) is 0 Å². The van der Waals surface area contributed by atoms with Crippen molar-refractivity contribution >= 4 is 5.97 Å². The maximum atomic E-state index is 11.4. The number of ether oxygens (including phenoxy) is 2. The Morgan fingerprint density at radius 3 is 2.79 bits per heavy atom. The molecule has 1 heterocycles. The molecule has 0 aliphatic heterocycles. The Kier molecular flexibility index (Phi) is 2.35. The molecule has 0 spiro atoms. The Morgan fingerprint density at radius 1 is 1.50 bits per heavy atom. The van der Waals surface area contributed by atoms with Crippen LogP contribution in [0.25, 0.3) is 0 Å². The van der Waals surface area contributed by atoms with Crippen LogP contribution in [0.15, 0.2) is 18.3 Å². The summed E-state index contributed by atoms with van der Waals surface area (Å²) < 4.78 is 9.98. The van der Waals surface area contributed by atoms with Gasteiger partial charge in [0.2, 0.25) is 5.88 Å². The summed E-state index contributed by atoms with van der Waals surface area (Å²) >= 11 is 0. The summed E-state index contributed by atoms with van der Waals surface area (Å²) in [4.78, 5) is 15.3. The Morgan fingerprint density at radius 2 is 2.29 bits per heavy atom. The fourth-order valence-corrected chi connectivity index (χ4v) is 1.03. The monoisotopic (exact) mass is 193 g/mol. The molecule has 0 aromatic carbocycles. The molecule has 0 radical (unpaired) electrons. The smallest absolute Gasteiger partial charge is 0.339 e. The van der Waals surface area contributed by atoms with E-state index >= 15 is 0 Å². The van der Waals surface area contributed by atoms with Gasteiger partial charge in [-0.1, -0.05) is 0 Å². The van der Waals surface area contributed by atoms with Crippen molar-refractivity contribution in [1.29, 1.82) is 0 Å². The van der Waals surface area contributed by atoms with Gasteiger partial charge in [-0.25, -0.2) is 9.78 Å². The lowest BCUT2D eigenvalue weighted by Crippen LogP contribution is -2.06. The van der Waals surface area contributed by atoms with E-state index in [1.54, 1.807) is 12.1 Å². The minimum absolute atomic E-state index is 0.129. The molecule has 1 aliphatic rings. The molecule has 1 aromatic rings. The van der Waals surface area contributed by atoms with Crippen LogP contribution in [-0.2, 0) is 4.74 Å². The lowest BCUT2D eigenvalue weighted by atomic mass is 10.3. The van der Waals surface area contributed by atoms with Crippen molar-refractivity contribution in [2.24, 2.45) is 0 Å². The third-order valence-electron chi connectivity index (χ3n) is 1.98. The van der Waals surface area contributed by atoms with Crippen molar-refractivity contribution in [3.05, 3.63) is 23.9 Å². The zero-order chi connectivity index (χ0) is 9.97. The second kappa shape index (κ2) is 3.65. The van der Waals surface area contributed by atoms with Crippen molar-refractivity contribution in [3.8, 4) is 5.88 Å².